The Hall–Kier alpha value is -3.99. The van der Waals surface area contributed by atoms with E-state index in [0.717, 1.165) is 11.6 Å². The first-order valence-corrected chi connectivity index (χ1v) is 10.8. The van der Waals surface area contributed by atoms with E-state index >= 15 is 0 Å². The summed E-state index contributed by atoms with van der Waals surface area (Å²) in [6.07, 6.45) is -1.52. The number of carbonyl (C=O) groups is 2. The Morgan fingerprint density at radius 2 is 1.91 bits per heavy atom. The number of amides is 3. The van der Waals surface area contributed by atoms with Gasteiger partial charge in [-0.2, -0.15) is 0 Å². The second-order valence-electron chi connectivity index (χ2n) is 7.89. The van der Waals surface area contributed by atoms with Crippen molar-refractivity contribution in [1.82, 2.24) is 15.4 Å². The average Bonchev–Trinajstić information content (AvgIpc) is 3.30. The Balaban J connectivity index is 1.54. The zero-order chi connectivity index (χ0) is 25.4. The molecule has 3 rings (SSSR count). The van der Waals surface area contributed by atoms with Crippen molar-refractivity contribution in [3.63, 3.8) is 0 Å². The Kier molecular flexibility index (Phi) is 8.74. The maximum absolute atomic E-state index is 13.8. The van der Waals surface area contributed by atoms with E-state index in [1.807, 2.05) is 30.3 Å². The molecule has 35 heavy (non-hydrogen) atoms. The standard InChI is InChI=1S/C24H26F2N4O5/c1-15(31)11-18(30(2)23(32)27-13-17-9-6-10-19(25)22(17)26)14-34-24(33)28-21-12-20(35-29-21)16-7-4-3-5-8-16/h3-10,12,15,18,31H,11,13-14H2,1-2H3,(H,27,32)(H,28,29,33)/t15-,18+/m1/s1. The molecule has 0 fully saturated rings. The number of nitrogens with zero attached hydrogens (tertiary/aromatic N) is 2. The van der Waals surface area contributed by atoms with Gasteiger partial charge in [-0.15, -0.1) is 0 Å². The lowest BCUT2D eigenvalue weighted by Gasteiger charge is -2.29. The van der Waals surface area contributed by atoms with E-state index < -0.39 is 35.9 Å². The number of aliphatic hydroxyl groups excluding tert-OH is 1. The minimum Gasteiger partial charge on any atom is -0.447 e. The molecule has 0 saturated heterocycles. The van der Waals surface area contributed by atoms with Crippen molar-refractivity contribution < 1.29 is 32.7 Å². The van der Waals surface area contributed by atoms with Crippen molar-refractivity contribution in [3.8, 4) is 11.3 Å². The van der Waals surface area contributed by atoms with Crippen LogP contribution in [0.5, 0.6) is 0 Å². The van der Waals surface area contributed by atoms with Gasteiger partial charge >= 0.3 is 12.1 Å². The Morgan fingerprint density at radius 3 is 2.63 bits per heavy atom. The first-order chi connectivity index (χ1) is 16.7. The van der Waals surface area contributed by atoms with Crippen LogP contribution in [0, 0.1) is 11.6 Å². The summed E-state index contributed by atoms with van der Waals surface area (Å²) in [7, 11) is 1.44. The maximum atomic E-state index is 13.8. The van der Waals surface area contributed by atoms with Crippen LogP contribution >= 0.6 is 0 Å². The van der Waals surface area contributed by atoms with E-state index in [-0.39, 0.29) is 31.0 Å². The molecular formula is C24H26F2N4O5. The number of nitrogens with one attached hydrogen (secondary N) is 2. The topological polar surface area (TPSA) is 117 Å². The van der Waals surface area contributed by atoms with Crippen LogP contribution in [0.25, 0.3) is 11.3 Å². The van der Waals surface area contributed by atoms with E-state index in [1.165, 1.54) is 37.1 Å². The van der Waals surface area contributed by atoms with Crippen LogP contribution < -0.4 is 10.6 Å². The fraction of sp³-hybridized carbons (Fsp3) is 0.292. The summed E-state index contributed by atoms with van der Waals surface area (Å²) in [6.45, 7) is 1.05. The highest BCUT2D eigenvalue weighted by molar-refractivity contribution is 5.84. The van der Waals surface area contributed by atoms with Gasteiger partial charge in [-0.3, -0.25) is 5.32 Å². The van der Waals surface area contributed by atoms with Crippen molar-refractivity contribution in [2.45, 2.75) is 32.0 Å². The van der Waals surface area contributed by atoms with Gasteiger partial charge in [0.05, 0.1) is 12.1 Å². The molecule has 0 bridgehead atoms. The SMILES string of the molecule is C[C@@H](O)C[C@@H](COC(=O)Nc1cc(-c2ccccc2)on1)N(C)C(=O)NCc1cccc(F)c1F. The van der Waals surface area contributed by atoms with Gasteiger partial charge in [-0.1, -0.05) is 47.6 Å². The highest BCUT2D eigenvalue weighted by atomic mass is 19.2. The molecule has 0 unspecified atom stereocenters. The molecule has 0 aliphatic heterocycles. The van der Waals surface area contributed by atoms with Gasteiger partial charge in [0.1, 0.15) is 6.61 Å². The molecule has 0 radical (unpaired) electrons. The first kappa shape index (κ1) is 25.6. The van der Waals surface area contributed by atoms with Crippen LogP contribution in [0.1, 0.15) is 18.9 Å². The van der Waals surface area contributed by atoms with Gasteiger partial charge in [0.25, 0.3) is 0 Å². The van der Waals surface area contributed by atoms with Gasteiger partial charge in [0.2, 0.25) is 0 Å². The summed E-state index contributed by atoms with van der Waals surface area (Å²) in [4.78, 5) is 26.0. The van der Waals surface area contributed by atoms with Crippen LogP contribution in [0.3, 0.4) is 0 Å². The minimum absolute atomic E-state index is 0.0167. The molecule has 2 atom stereocenters. The third-order valence-corrected chi connectivity index (χ3v) is 5.15. The molecule has 2 aromatic carbocycles. The fourth-order valence-corrected chi connectivity index (χ4v) is 3.26. The summed E-state index contributed by atoms with van der Waals surface area (Å²) in [5, 5.41) is 18.5. The van der Waals surface area contributed by atoms with Crippen molar-refractivity contribution in [2.24, 2.45) is 0 Å². The van der Waals surface area contributed by atoms with Crippen molar-refractivity contribution >= 4 is 17.9 Å². The number of aliphatic hydroxyl groups is 1. The van der Waals surface area contributed by atoms with E-state index in [9.17, 15) is 23.5 Å². The predicted octanol–water partition coefficient (Wildman–Crippen LogP) is 4.15. The quantitative estimate of drug-likeness (QED) is 0.417. The molecule has 1 heterocycles. The zero-order valence-corrected chi connectivity index (χ0v) is 19.2. The van der Waals surface area contributed by atoms with E-state index in [1.54, 1.807) is 0 Å². The normalized spacial score (nSPS) is 12.5. The van der Waals surface area contributed by atoms with Crippen LogP contribution in [0.2, 0.25) is 0 Å². The first-order valence-electron chi connectivity index (χ1n) is 10.8. The Morgan fingerprint density at radius 1 is 1.17 bits per heavy atom. The zero-order valence-electron chi connectivity index (χ0n) is 19.2. The summed E-state index contributed by atoms with van der Waals surface area (Å²) in [6, 6.07) is 13.1. The molecule has 0 saturated carbocycles. The summed E-state index contributed by atoms with van der Waals surface area (Å²) >= 11 is 0. The third kappa shape index (κ3) is 7.24. The van der Waals surface area contributed by atoms with E-state index in [2.05, 4.69) is 15.8 Å². The highest BCUT2D eigenvalue weighted by Gasteiger charge is 2.24. The summed E-state index contributed by atoms with van der Waals surface area (Å²) < 4.78 is 37.6. The number of likely N-dealkylation sites (N-methyl/N-ethyl adjacent to an activating group) is 1. The van der Waals surface area contributed by atoms with Crippen LogP contribution in [-0.4, -0.2) is 53.1 Å². The molecule has 9 nitrogen and oxygen atoms in total. The number of rotatable bonds is 9. The second-order valence-corrected chi connectivity index (χ2v) is 7.89. The monoisotopic (exact) mass is 488 g/mol. The lowest BCUT2D eigenvalue weighted by Crippen LogP contribution is -2.47. The van der Waals surface area contributed by atoms with Gasteiger partial charge in [0, 0.05) is 30.8 Å². The molecule has 186 valence electrons. The lowest BCUT2D eigenvalue weighted by atomic mass is 10.1. The van der Waals surface area contributed by atoms with Gasteiger partial charge in [-0.05, 0) is 19.4 Å². The maximum Gasteiger partial charge on any atom is 0.412 e. The van der Waals surface area contributed by atoms with Crippen LogP contribution in [0.4, 0.5) is 24.2 Å². The molecule has 3 amide bonds. The number of ether oxygens (including phenoxy) is 1. The lowest BCUT2D eigenvalue weighted by molar-refractivity contribution is 0.0847. The summed E-state index contributed by atoms with van der Waals surface area (Å²) in [5.74, 6) is -1.46. The number of carbonyl (C=O) groups excluding carboxylic acids is 2. The minimum atomic E-state index is -1.04. The van der Waals surface area contributed by atoms with Crippen molar-refractivity contribution in [3.05, 3.63) is 71.8 Å². The molecule has 0 spiro atoms. The largest absolute Gasteiger partial charge is 0.447 e. The predicted molar refractivity (Wildman–Crippen MR) is 123 cm³/mol. The highest BCUT2D eigenvalue weighted by Crippen LogP contribution is 2.22. The molecule has 0 aliphatic rings. The van der Waals surface area contributed by atoms with Gasteiger partial charge in [-0.25, -0.2) is 18.4 Å². The fourth-order valence-electron chi connectivity index (χ4n) is 3.26. The Labute approximate surface area is 200 Å². The number of urea groups is 1. The van der Waals surface area contributed by atoms with Crippen LogP contribution in [0.15, 0.2) is 59.1 Å². The van der Waals surface area contributed by atoms with Crippen LogP contribution in [-0.2, 0) is 11.3 Å². The van der Waals surface area contributed by atoms with E-state index in [0.29, 0.717) is 5.76 Å². The van der Waals surface area contributed by atoms with Gasteiger partial charge in [0.15, 0.2) is 23.2 Å². The number of aromatic nitrogens is 1. The molecule has 3 aromatic rings. The van der Waals surface area contributed by atoms with Gasteiger partial charge < -0.3 is 24.6 Å². The number of hydrogen-bond acceptors (Lipinski definition) is 6. The molecule has 3 N–H and O–H groups in total. The molecule has 0 aliphatic carbocycles. The average molecular weight is 488 g/mol. The number of hydrogen-bond donors (Lipinski definition) is 3. The summed E-state index contributed by atoms with van der Waals surface area (Å²) in [5.41, 5.74) is 0.765. The number of benzene rings is 2. The molecule has 11 heteroatoms. The molecular weight excluding hydrogens is 462 g/mol. The second kappa shape index (κ2) is 11.9. The third-order valence-electron chi connectivity index (χ3n) is 5.15. The van der Waals surface area contributed by atoms with Crippen molar-refractivity contribution in [2.75, 3.05) is 19.0 Å². The Bertz CT molecular complexity index is 1140. The number of halogens is 2. The van der Waals surface area contributed by atoms with Crippen molar-refractivity contribution in [1.29, 1.82) is 0 Å². The van der Waals surface area contributed by atoms with E-state index in [4.69, 9.17) is 9.26 Å². The molecule has 1 aromatic heterocycles. The smallest absolute Gasteiger partial charge is 0.412 e. The number of anilines is 1.